The van der Waals surface area contributed by atoms with Gasteiger partial charge in [-0.15, -0.1) is 11.3 Å². The van der Waals surface area contributed by atoms with E-state index in [0.717, 1.165) is 28.0 Å². The number of fused-ring (bicyclic) bond motifs is 2. The molecule has 1 aromatic carbocycles. The van der Waals surface area contributed by atoms with Gasteiger partial charge in [-0.05, 0) is 48.9 Å². The first kappa shape index (κ1) is 23.4. The number of nitrogens with zero attached hydrogens (tertiary/aromatic N) is 5. The van der Waals surface area contributed by atoms with E-state index in [1.165, 1.54) is 32.1 Å². The van der Waals surface area contributed by atoms with Gasteiger partial charge in [0.1, 0.15) is 16.3 Å². The van der Waals surface area contributed by atoms with Crippen molar-refractivity contribution in [1.29, 1.82) is 0 Å². The van der Waals surface area contributed by atoms with Gasteiger partial charge in [-0.3, -0.25) is 23.4 Å². The molecule has 0 saturated carbocycles. The molecule has 0 bridgehead atoms. The molecule has 0 aliphatic carbocycles. The van der Waals surface area contributed by atoms with Crippen molar-refractivity contribution < 1.29 is 9.18 Å². The number of aromatic nitrogens is 4. The van der Waals surface area contributed by atoms with Crippen LogP contribution in [0.1, 0.15) is 20.9 Å². The number of halogens is 1. The number of benzene rings is 1. The van der Waals surface area contributed by atoms with Crippen molar-refractivity contribution in [3.63, 3.8) is 0 Å². The van der Waals surface area contributed by atoms with Crippen LogP contribution in [0.5, 0.6) is 0 Å². The van der Waals surface area contributed by atoms with E-state index < -0.39 is 17.1 Å². The first-order valence-corrected chi connectivity index (χ1v) is 11.7. The normalized spacial score (nSPS) is 11.3. The Kier molecular flexibility index (Phi) is 5.64. The van der Waals surface area contributed by atoms with Crippen LogP contribution in [0, 0.1) is 12.7 Å². The summed E-state index contributed by atoms with van der Waals surface area (Å²) in [5.41, 5.74) is -0.297. The molecule has 0 saturated heterocycles. The van der Waals surface area contributed by atoms with E-state index in [-0.39, 0.29) is 29.1 Å². The van der Waals surface area contributed by atoms with Gasteiger partial charge in [0, 0.05) is 26.4 Å². The predicted molar refractivity (Wildman–Crippen MR) is 135 cm³/mol. The Bertz CT molecular complexity index is 1850. The third-order valence-electron chi connectivity index (χ3n) is 5.84. The molecule has 4 heterocycles. The number of rotatable bonds is 4. The Morgan fingerprint density at radius 3 is 2.50 bits per heavy atom. The second-order valence-electron chi connectivity index (χ2n) is 8.44. The first-order valence-electron chi connectivity index (χ1n) is 10.9. The highest BCUT2D eigenvalue weighted by Crippen LogP contribution is 2.29. The Morgan fingerprint density at radius 2 is 1.81 bits per heavy atom. The molecule has 0 radical (unpaired) electrons. The minimum absolute atomic E-state index is 0.118. The Morgan fingerprint density at radius 1 is 1.08 bits per heavy atom. The molecule has 36 heavy (non-hydrogen) atoms. The largest absolute Gasteiger partial charge is 0.344 e. The minimum Gasteiger partial charge on any atom is -0.344 e. The van der Waals surface area contributed by atoms with Crippen LogP contribution in [0.2, 0.25) is 0 Å². The van der Waals surface area contributed by atoms with Gasteiger partial charge in [0.05, 0.1) is 28.2 Å². The van der Waals surface area contributed by atoms with E-state index in [2.05, 4.69) is 4.98 Å². The van der Waals surface area contributed by atoms with Gasteiger partial charge in [0.25, 0.3) is 17.0 Å². The zero-order valence-corrected chi connectivity index (χ0v) is 20.4. The molecular formula is C25H20FN5O4S. The molecule has 0 spiro atoms. The maximum Gasteiger partial charge on any atom is 0.337 e. The number of aryl methyl sites for hydroxylation is 1. The molecule has 182 valence electrons. The van der Waals surface area contributed by atoms with Crippen molar-refractivity contribution in [2.45, 2.75) is 13.5 Å². The zero-order valence-electron chi connectivity index (χ0n) is 19.6. The van der Waals surface area contributed by atoms with E-state index >= 15 is 0 Å². The average Bonchev–Trinajstić information content (AvgIpc) is 3.19. The van der Waals surface area contributed by atoms with E-state index in [1.807, 2.05) is 0 Å². The van der Waals surface area contributed by atoms with Crippen molar-refractivity contribution in [3.05, 3.63) is 108 Å². The summed E-state index contributed by atoms with van der Waals surface area (Å²) >= 11 is 1.04. The van der Waals surface area contributed by atoms with E-state index in [0.29, 0.717) is 26.6 Å². The third kappa shape index (κ3) is 3.73. The van der Waals surface area contributed by atoms with Crippen LogP contribution >= 0.6 is 11.3 Å². The SMILES string of the molecule is Cc1c(C(=O)N(C)C)sc2c1c(=O)n(-c1ccc(F)cc1)c(=O)n2Cc1cc(=O)n2ccccc2n1. The molecule has 5 aromatic rings. The maximum absolute atomic E-state index is 13.7. The fourth-order valence-corrected chi connectivity index (χ4v) is 5.37. The molecule has 9 nitrogen and oxygen atoms in total. The number of hydrogen-bond donors (Lipinski definition) is 0. The van der Waals surface area contributed by atoms with Crippen LogP contribution in [0.25, 0.3) is 21.6 Å². The molecular weight excluding hydrogens is 485 g/mol. The summed E-state index contributed by atoms with van der Waals surface area (Å²) < 4.78 is 17.2. The summed E-state index contributed by atoms with van der Waals surface area (Å²) in [6.07, 6.45) is 1.59. The van der Waals surface area contributed by atoms with Gasteiger partial charge in [-0.25, -0.2) is 18.7 Å². The predicted octanol–water partition coefficient (Wildman–Crippen LogP) is 2.42. The van der Waals surface area contributed by atoms with Crippen molar-refractivity contribution in [2.75, 3.05) is 14.1 Å². The lowest BCUT2D eigenvalue weighted by molar-refractivity contribution is 0.0831. The smallest absolute Gasteiger partial charge is 0.337 e. The van der Waals surface area contributed by atoms with Gasteiger partial charge >= 0.3 is 5.69 Å². The van der Waals surface area contributed by atoms with E-state index in [4.69, 9.17) is 0 Å². The molecule has 4 aromatic heterocycles. The monoisotopic (exact) mass is 505 g/mol. The number of carbonyl (C=O) groups excluding carboxylic acids is 1. The highest BCUT2D eigenvalue weighted by atomic mass is 32.1. The van der Waals surface area contributed by atoms with Crippen molar-refractivity contribution in [3.8, 4) is 5.69 Å². The standard InChI is InChI=1S/C25H20FN5O4S/c1-14-20-22(33)31(17-9-7-15(26)8-10-17)25(35)30(24(20)36-21(14)23(34)28(2)3)13-16-12-19(32)29-11-5-4-6-18(29)27-16/h4-12H,13H2,1-3H3. The molecule has 0 aliphatic rings. The fraction of sp³-hybridized carbons (Fsp3) is 0.160. The Balaban J connectivity index is 1.83. The Labute approximate surface area is 206 Å². The topological polar surface area (TPSA) is 98.7 Å². The van der Waals surface area contributed by atoms with Gasteiger partial charge in [-0.2, -0.15) is 0 Å². The van der Waals surface area contributed by atoms with Gasteiger partial charge in [0.2, 0.25) is 0 Å². The molecule has 0 atom stereocenters. The van der Waals surface area contributed by atoms with Gasteiger partial charge < -0.3 is 4.90 Å². The lowest BCUT2D eigenvalue weighted by Gasteiger charge is -2.12. The maximum atomic E-state index is 13.7. The first-order chi connectivity index (χ1) is 17.2. The lowest BCUT2D eigenvalue weighted by Crippen LogP contribution is -2.39. The quantitative estimate of drug-likeness (QED) is 0.374. The zero-order chi connectivity index (χ0) is 25.7. The summed E-state index contributed by atoms with van der Waals surface area (Å²) in [7, 11) is 3.20. The van der Waals surface area contributed by atoms with Crippen LogP contribution < -0.4 is 16.8 Å². The molecule has 0 fully saturated rings. The molecule has 0 N–H and O–H groups in total. The second kappa shape index (κ2) is 8.68. The number of carbonyl (C=O) groups is 1. The van der Waals surface area contributed by atoms with Crippen LogP contribution in [0.4, 0.5) is 4.39 Å². The van der Waals surface area contributed by atoms with E-state index in [9.17, 15) is 23.6 Å². The molecule has 1 amide bonds. The summed E-state index contributed by atoms with van der Waals surface area (Å²) in [4.78, 5) is 59.2. The van der Waals surface area contributed by atoms with Crippen LogP contribution in [0.3, 0.4) is 0 Å². The number of amides is 1. The number of hydrogen-bond acceptors (Lipinski definition) is 6. The molecule has 0 aliphatic heterocycles. The highest BCUT2D eigenvalue weighted by Gasteiger charge is 2.25. The summed E-state index contributed by atoms with van der Waals surface area (Å²) in [6.45, 7) is 1.54. The fourth-order valence-electron chi connectivity index (χ4n) is 4.06. The summed E-state index contributed by atoms with van der Waals surface area (Å²) in [5.74, 6) is -0.817. The van der Waals surface area contributed by atoms with Crippen molar-refractivity contribution in [1.82, 2.24) is 23.4 Å². The molecule has 5 rings (SSSR count). The Hall–Kier alpha value is -4.38. The number of thiophene rings is 1. The summed E-state index contributed by atoms with van der Waals surface area (Å²) in [5, 5.41) is 0.201. The van der Waals surface area contributed by atoms with Crippen molar-refractivity contribution >= 4 is 33.1 Å². The van der Waals surface area contributed by atoms with Crippen molar-refractivity contribution in [2.24, 2.45) is 0 Å². The average molecular weight is 506 g/mol. The van der Waals surface area contributed by atoms with E-state index in [1.54, 1.807) is 45.4 Å². The molecule has 11 heteroatoms. The highest BCUT2D eigenvalue weighted by molar-refractivity contribution is 7.20. The van der Waals surface area contributed by atoms with Crippen LogP contribution in [-0.4, -0.2) is 43.4 Å². The third-order valence-corrected chi connectivity index (χ3v) is 7.14. The summed E-state index contributed by atoms with van der Waals surface area (Å²) in [6, 6.07) is 11.4. The van der Waals surface area contributed by atoms with Crippen LogP contribution in [-0.2, 0) is 6.54 Å². The number of pyridine rings is 1. The van der Waals surface area contributed by atoms with Gasteiger partial charge in [0.15, 0.2) is 0 Å². The second-order valence-corrected chi connectivity index (χ2v) is 9.44. The van der Waals surface area contributed by atoms with Gasteiger partial charge in [-0.1, -0.05) is 6.07 Å². The lowest BCUT2D eigenvalue weighted by atomic mass is 10.2. The minimum atomic E-state index is -0.695. The molecule has 0 unspecified atom stereocenters. The van der Waals surface area contributed by atoms with Crippen LogP contribution in [0.15, 0.2) is 69.1 Å².